The highest BCUT2D eigenvalue weighted by Gasteiger charge is 2.18. The van der Waals surface area contributed by atoms with Gasteiger partial charge in [-0.05, 0) is 18.2 Å². The van der Waals surface area contributed by atoms with Crippen LogP contribution in [0.5, 0.6) is 0 Å². The van der Waals surface area contributed by atoms with Gasteiger partial charge in [0, 0.05) is 5.56 Å². The number of hydrogen-bond acceptors (Lipinski definition) is 4. The van der Waals surface area contributed by atoms with Crippen LogP contribution >= 0.6 is 34.5 Å². The lowest BCUT2D eigenvalue weighted by Gasteiger charge is -2.04. The van der Waals surface area contributed by atoms with Crippen molar-refractivity contribution in [3.8, 4) is 10.6 Å². The summed E-state index contributed by atoms with van der Waals surface area (Å²) in [6, 6.07) is 11.2. The largest absolute Gasteiger partial charge is 0.296 e. The van der Waals surface area contributed by atoms with Crippen molar-refractivity contribution < 1.29 is 9.18 Å². The zero-order chi connectivity index (χ0) is 16.4. The summed E-state index contributed by atoms with van der Waals surface area (Å²) >= 11 is 13.1. The van der Waals surface area contributed by atoms with Gasteiger partial charge in [-0.1, -0.05) is 58.8 Å². The van der Waals surface area contributed by atoms with Crippen molar-refractivity contribution in [2.24, 2.45) is 0 Å². The topological polar surface area (TPSA) is 54.9 Å². The third-order valence-electron chi connectivity index (χ3n) is 2.94. The molecule has 0 saturated heterocycles. The standard InChI is InChI=1S/C15H8Cl2FN3OS/c16-9-5-2-1-4-8(9)14-20-21-15(23-14)19-13(22)12-10(17)6-3-7-11(12)18/h1-7H,(H,19,21,22). The lowest BCUT2D eigenvalue weighted by molar-refractivity contribution is 0.102. The van der Waals surface area contributed by atoms with E-state index in [1.807, 2.05) is 6.07 Å². The third-order valence-corrected chi connectivity index (χ3v) is 4.46. The molecule has 3 aromatic rings. The van der Waals surface area contributed by atoms with E-state index in [2.05, 4.69) is 15.5 Å². The molecule has 0 fully saturated rings. The number of anilines is 1. The zero-order valence-electron chi connectivity index (χ0n) is 11.4. The molecule has 0 spiro atoms. The summed E-state index contributed by atoms with van der Waals surface area (Å²) in [5.41, 5.74) is 0.472. The average Bonchev–Trinajstić information content (AvgIpc) is 2.95. The van der Waals surface area contributed by atoms with E-state index in [9.17, 15) is 9.18 Å². The smallest absolute Gasteiger partial charge is 0.261 e. The number of hydrogen-bond donors (Lipinski definition) is 1. The van der Waals surface area contributed by atoms with Gasteiger partial charge in [-0.15, -0.1) is 10.2 Å². The van der Waals surface area contributed by atoms with E-state index >= 15 is 0 Å². The molecular formula is C15H8Cl2FN3OS. The number of aromatic nitrogens is 2. The first-order chi connectivity index (χ1) is 11.1. The first kappa shape index (κ1) is 15.9. The van der Waals surface area contributed by atoms with E-state index in [4.69, 9.17) is 23.2 Å². The predicted molar refractivity (Wildman–Crippen MR) is 89.7 cm³/mol. The molecule has 0 saturated carbocycles. The Hall–Kier alpha value is -2.02. The van der Waals surface area contributed by atoms with Crippen molar-refractivity contribution >= 4 is 45.6 Å². The van der Waals surface area contributed by atoms with Gasteiger partial charge in [0.1, 0.15) is 5.82 Å². The van der Waals surface area contributed by atoms with E-state index in [-0.39, 0.29) is 15.7 Å². The molecule has 1 amide bonds. The molecule has 1 aromatic heterocycles. The summed E-state index contributed by atoms with van der Waals surface area (Å²) in [5, 5.41) is 11.7. The summed E-state index contributed by atoms with van der Waals surface area (Å²) in [5.74, 6) is -1.39. The first-order valence-corrected chi connectivity index (χ1v) is 7.97. The molecule has 0 aliphatic carbocycles. The summed E-state index contributed by atoms with van der Waals surface area (Å²) in [6.45, 7) is 0. The maximum Gasteiger partial charge on any atom is 0.261 e. The number of nitrogens with zero attached hydrogens (tertiary/aromatic N) is 2. The highest BCUT2D eigenvalue weighted by molar-refractivity contribution is 7.18. The number of benzene rings is 2. The molecule has 1 N–H and O–H groups in total. The normalized spacial score (nSPS) is 10.6. The highest BCUT2D eigenvalue weighted by Crippen LogP contribution is 2.32. The van der Waals surface area contributed by atoms with Crippen LogP contribution in [0.2, 0.25) is 10.0 Å². The number of nitrogens with one attached hydrogen (secondary N) is 1. The fourth-order valence-corrected chi connectivity index (χ4v) is 3.20. The van der Waals surface area contributed by atoms with Crippen LogP contribution in [-0.2, 0) is 0 Å². The molecule has 0 aliphatic heterocycles. The van der Waals surface area contributed by atoms with Gasteiger partial charge in [0.2, 0.25) is 5.13 Å². The van der Waals surface area contributed by atoms with Gasteiger partial charge in [-0.3, -0.25) is 10.1 Å². The second-order valence-electron chi connectivity index (χ2n) is 4.44. The highest BCUT2D eigenvalue weighted by atomic mass is 35.5. The van der Waals surface area contributed by atoms with Gasteiger partial charge in [-0.25, -0.2) is 4.39 Å². The summed E-state index contributed by atoms with van der Waals surface area (Å²) in [4.78, 5) is 12.1. The monoisotopic (exact) mass is 367 g/mol. The van der Waals surface area contributed by atoms with Crippen molar-refractivity contribution in [2.75, 3.05) is 5.32 Å². The molecule has 0 unspecified atom stereocenters. The van der Waals surface area contributed by atoms with Gasteiger partial charge in [0.15, 0.2) is 5.01 Å². The Bertz CT molecular complexity index is 864. The predicted octanol–water partition coefficient (Wildman–Crippen LogP) is 4.90. The Balaban J connectivity index is 1.85. The van der Waals surface area contributed by atoms with Crippen LogP contribution < -0.4 is 5.32 Å². The van der Waals surface area contributed by atoms with Crippen molar-refractivity contribution in [3.63, 3.8) is 0 Å². The molecule has 0 aliphatic rings. The molecule has 3 rings (SSSR count). The maximum absolute atomic E-state index is 13.7. The van der Waals surface area contributed by atoms with Crippen LogP contribution in [0.15, 0.2) is 42.5 Å². The molecular weight excluding hydrogens is 360 g/mol. The minimum absolute atomic E-state index is 0.0262. The Kier molecular flexibility index (Phi) is 4.56. The minimum atomic E-state index is -0.703. The first-order valence-electron chi connectivity index (χ1n) is 6.40. The van der Waals surface area contributed by atoms with Crippen LogP contribution in [-0.4, -0.2) is 16.1 Å². The average molecular weight is 368 g/mol. The van der Waals surface area contributed by atoms with Crippen LogP contribution in [0.4, 0.5) is 9.52 Å². The summed E-state index contributed by atoms with van der Waals surface area (Å²) in [7, 11) is 0. The second kappa shape index (κ2) is 6.62. The van der Waals surface area contributed by atoms with Crippen molar-refractivity contribution in [1.29, 1.82) is 0 Å². The molecule has 4 nitrogen and oxygen atoms in total. The molecule has 0 radical (unpaired) electrons. The van der Waals surface area contributed by atoms with Gasteiger partial charge >= 0.3 is 0 Å². The number of carbonyl (C=O) groups excluding carboxylic acids is 1. The van der Waals surface area contributed by atoms with E-state index in [1.165, 1.54) is 12.1 Å². The van der Waals surface area contributed by atoms with Gasteiger partial charge in [0.05, 0.1) is 15.6 Å². The Labute approximate surface area is 144 Å². The zero-order valence-corrected chi connectivity index (χ0v) is 13.7. The third kappa shape index (κ3) is 3.34. The summed E-state index contributed by atoms with van der Waals surface area (Å²) < 4.78 is 13.7. The Morgan fingerprint density at radius 1 is 1.04 bits per heavy atom. The minimum Gasteiger partial charge on any atom is -0.296 e. The van der Waals surface area contributed by atoms with Crippen molar-refractivity contribution in [1.82, 2.24) is 10.2 Å². The van der Waals surface area contributed by atoms with Crippen LogP contribution in [0.1, 0.15) is 10.4 Å². The SMILES string of the molecule is O=C(Nc1nnc(-c2ccccc2Cl)s1)c1c(F)cccc1Cl. The van der Waals surface area contributed by atoms with E-state index in [0.29, 0.717) is 15.6 Å². The molecule has 23 heavy (non-hydrogen) atoms. The summed E-state index contributed by atoms with van der Waals surface area (Å²) in [6.07, 6.45) is 0. The number of amides is 1. The molecule has 0 bridgehead atoms. The molecule has 8 heteroatoms. The maximum atomic E-state index is 13.7. The van der Waals surface area contributed by atoms with Crippen LogP contribution in [0.3, 0.4) is 0 Å². The van der Waals surface area contributed by atoms with Crippen LogP contribution in [0.25, 0.3) is 10.6 Å². The Morgan fingerprint density at radius 3 is 2.52 bits per heavy atom. The molecule has 1 heterocycles. The van der Waals surface area contributed by atoms with Gasteiger partial charge in [0.25, 0.3) is 5.91 Å². The van der Waals surface area contributed by atoms with E-state index in [1.54, 1.807) is 18.2 Å². The van der Waals surface area contributed by atoms with Crippen LogP contribution in [0, 0.1) is 5.82 Å². The Morgan fingerprint density at radius 2 is 1.78 bits per heavy atom. The lowest BCUT2D eigenvalue weighted by Crippen LogP contribution is -2.14. The number of rotatable bonds is 3. The molecule has 2 aromatic carbocycles. The van der Waals surface area contributed by atoms with Crippen molar-refractivity contribution in [2.45, 2.75) is 0 Å². The second-order valence-corrected chi connectivity index (χ2v) is 6.23. The lowest BCUT2D eigenvalue weighted by atomic mass is 10.2. The van der Waals surface area contributed by atoms with Gasteiger partial charge in [-0.2, -0.15) is 0 Å². The molecule has 0 atom stereocenters. The molecule has 116 valence electrons. The van der Waals surface area contributed by atoms with Crippen molar-refractivity contribution in [3.05, 3.63) is 63.9 Å². The fraction of sp³-hybridized carbons (Fsp3) is 0. The quantitative estimate of drug-likeness (QED) is 0.715. The van der Waals surface area contributed by atoms with E-state index < -0.39 is 11.7 Å². The number of halogens is 3. The van der Waals surface area contributed by atoms with Gasteiger partial charge < -0.3 is 0 Å². The van der Waals surface area contributed by atoms with E-state index in [0.717, 1.165) is 17.4 Å². The fourth-order valence-electron chi connectivity index (χ4n) is 1.89. The number of carbonyl (C=O) groups is 1.